The number of carbonyl (C=O) groups excluding carboxylic acids is 1. The minimum Gasteiger partial charge on any atom is -0.298 e. The van der Waals surface area contributed by atoms with Gasteiger partial charge in [0, 0.05) is 16.2 Å². The van der Waals surface area contributed by atoms with Crippen LogP contribution in [0.4, 0.5) is 8.78 Å². The average Bonchev–Trinajstić information content (AvgIpc) is 2.09. The van der Waals surface area contributed by atoms with Gasteiger partial charge in [0.15, 0.2) is 6.29 Å². The first-order valence-electron chi connectivity index (χ1n) is 3.46. The molecule has 0 unspecified atom stereocenters. The monoisotopic (exact) mass is 249 g/mol. The predicted octanol–water partition coefficient (Wildman–Crippen LogP) is 2.90. The third-order valence-corrected chi connectivity index (χ3v) is 2.66. The van der Waals surface area contributed by atoms with Crippen LogP contribution >= 0.6 is 15.9 Å². The van der Waals surface area contributed by atoms with Crippen LogP contribution in [0.5, 0.6) is 0 Å². The second kappa shape index (κ2) is 3.91. The van der Waals surface area contributed by atoms with Crippen molar-refractivity contribution in [1.82, 2.24) is 4.98 Å². The molecule has 13 heavy (non-hydrogen) atoms. The van der Waals surface area contributed by atoms with E-state index in [1.807, 2.05) is 0 Å². The first-order chi connectivity index (χ1) is 6.07. The van der Waals surface area contributed by atoms with Crippen molar-refractivity contribution in [1.29, 1.82) is 0 Å². The van der Waals surface area contributed by atoms with Crippen LogP contribution < -0.4 is 0 Å². The molecule has 2 nitrogen and oxygen atoms in total. The van der Waals surface area contributed by atoms with Crippen molar-refractivity contribution in [2.45, 2.75) is 13.3 Å². The summed E-state index contributed by atoms with van der Waals surface area (Å²) in [4.78, 5) is 13.9. The van der Waals surface area contributed by atoms with Gasteiger partial charge in [0.1, 0.15) is 5.69 Å². The van der Waals surface area contributed by atoms with Crippen LogP contribution in [0.25, 0.3) is 0 Å². The van der Waals surface area contributed by atoms with Gasteiger partial charge < -0.3 is 0 Å². The number of hydrogen-bond donors (Lipinski definition) is 0. The van der Waals surface area contributed by atoms with Gasteiger partial charge in [-0.1, -0.05) is 0 Å². The fourth-order valence-electron chi connectivity index (χ4n) is 0.882. The van der Waals surface area contributed by atoms with Gasteiger partial charge in [-0.25, -0.2) is 8.78 Å². The molecule has 1 heterocycles. The van der Waals surface area contributed by atoms with E-state index in [1.54, 1.807) is 6.92 Å². The molecule has 0 N–H and O–H groups in total. The Morgan fingerprint density at radius 3 is 2.69 bits per heavy atom. The van der Waals surface area contributed by atoms with E-state index >= 15 is 0 Å². The quantitative estimate of drug-likeness (QED) is 0.755. The number of halogens is 3. The summed E-state index contributed by atoms with van der Waals surface area (Å²) in [7, 11) is 0. The van der Waals surface area contributed by atoms with Crippen molar-refractivity contribution in [3.8, 4) is 0 Å². The lowest BCUT2D eigenvalue weighted by Gasteiger charge is -2.06. The van der Waals surface area contributed by atoms with Crippen molar-refractivity contribution in [3.05, 3.63) is 27.5 Å². The van der Waals surface area contributed by atoms with Gasteiger partial charge in [0.25, 0.3) is 6.43 Å². The van der Waals surface area contributed by atoms with Gasteiger partial charge in [-0.05, 0) is 28.4 Å². The van der Waals surface area contributed by atoms with Crippen molar-refractivity contribution in [2.75, 3.05) is 0 Å². The summed E-state index contributed by atoms with van der Waals surface area (Å²) in [6.45, 7) is 1.58. The van der Waals surface area contributed by atoms with Gasteiger partial charge >= 0.3 is 0 Å². The molecule has 0 aliphatic rings. The minimum atomic E-state index is -2.63. The molecule has 0 radical (unpaired) electrons. The Kier molecular flexibility index (Phi) is 3.08. The zero-order chi connectivity index (χ0) is 10.0. The Balaban J connectivity index is 3.31. The molecular weight excluding hydrogens is 244 g/mol. The van der Waals surface area contributed by atoms with E-state index in [0.717, 1.165) is 6.20 Å². The molecule has 0 aliphatic heterocycles. The van der Waals surface area contributed by atoms with Crippen LogP contribution in [0.2, 0.25) is 0 Å². The Hall–Kier alpha value is -0.840. The van der Waals surface area contributed by atoms with Crippen molar-refractivity contribution in [3.63, 3.8) is 0 Å². The lowest BCUT2D eigenvalue weighted by molar-refractivity contribution is 0.112. The largest absolute Gasteiger partial charge is 0.298 e. The second-order valence-corrected chi connectivity index (χ2v) is 3.25. The Labute approximate surface area is 82.1 Å². The molecule has 1 aromatic rings. The van der Waals surface area contributed by atoms with Crippen molar-refractivity contribution in [2.24, 2.45) is 0 Å². The van der Waals surface area contributed by atoms with E-state index in [1.165, 1.54) is 0 Å². The standard InChI is InChI=1S/C8H6BrF2NO/c1-4-5(3-13)2-12-7(6(4)9)8(10)11/h2-3,8H,1H3. The normalized spacial score (nSPS) is 10.5. The molecule has 0 bridgehead atoms. The van der Waals surface area contributed by atoms with E-state index in [0.29, 0.717) is 17.4 Å². The molecule has 0 aromatic carbocycles. The molecule has 0 aliphatic carbocycles. The number of aromatic nitrogens is 1. The fraction of sp³-hybridized carbons (Fsp3) is 0.250. The molecule has 0 saturated carbocycles. The summed E-state index contributed by atoms with van der Waals surface area (Å²) < 4.78 is 24.7. The molecule has 0 atom stereocenters. The van der Waals surface area contributed by atoms with Crippen LogP contribution in [-0.4, -0.2) is 11.3 Å². The zero-order valence-electron chi connectivity index (χ0n) is 6.72. The highest BCUT2D eigenvalue weighted by molar-refractivity contribution is 9.10. The average molecular weight is 250 g/mol. The number of nitrogens with zero attached hydrogens (tertiary/aromatic N) is 1. The number of pyridine rings is 1. The van der Waals surface area contributed by atoms with Crippen molar-refractivity contribution < 1.29 is 13.6 Å². The highest BCUT2D eigenvalue weighted by Crippen LogP contribution is 2.28. The van der Waals surface area contributed by atoms with Crippen molar-refractivity contribution >= 4 is 22.2 Å². The Bertz CT molecular complexity index is 341. The van der Waals surface area contributed by atoms with Crippen LogP contribution in [0, 0.1) is 6.92 Å². The summed E-state index contributed by atoms with van der Waals surface area (Å²) in [6, 6.07) is 0. The third-order valence-electron chi connectivity index (χ3n) is 1.66. The maximum Gasteiger partial charge on any atom is 0.281 e. The number of rotatable bonds is 2. The lowest BCUT2D eigenvalue weighted by Crippen LogP contribution is -1.98. The van der Waals surface area contributed by atoms with Crippen LogP contribution in [-0.2, 0) is 0 Å². The summed E-state index contributed by atoms with van der Waals surface area (Å²) in [5, 5.41) is 0. The topological polar surface area (TPSA) is 30.0 Å². The summed E-state index contributed by atoms with van der Waals surface area (Å²) in [5.41, 5.74) is 0.472. The second-order valence-electron chi connectivity index (χ2n) is 2.46. The SMILES string of the molecule is Cc1c(C=O)cnc(C(F)F)c1Br. The number of hydrogen-bond acceptors (Lipinski definition) is 2. The van der Waals surface area contributed by atoms with Gasteiger partial charge in [0.2, 0.25) is 0 Å². The lowest BCUT2D eigenvalue weighted by atomic mass is 10.1. The van der Waals surface area contributed by atoms with E-state index in [2.05, 4.69) is 20.9 Å². The molecule has 0 saturated heterocycles. The van der Waals surface area contributed by atoms with E-state index in [4.69, 9.17) is 0 Å². The first-order valence-corrected chi connectivity index (χ1v) is 4.25. The van der Waals surface area contributed by atoms with E-state index in [-0.39, 0.29) is 10.2 Å². The number of aldehydes is 1. The minimum absolute atomic E-state index is 0.201. The predicted molar refractivity (Wildman–Crippen MR) is 47.0 cm³/mol. The van der Waals surface area contributed by atoms with Gasteiger partial charge in [-0.3, -0.25) is 9.78 Å². The molecule has 0 spiro atoms. The summed E-state index contributed by atoms with van der Waals surface area (Å²) in [6.07, 6.45) is -0.898. The first kappa shape index (κ1) is 10.2. The molecule has 0 amide bonds. The smallest absolute Gasteiger partial charge is 0.281 e. The Morgan fingerprint density at radius 2 is 2.23 bits per heavy atom. The molecule has 70 valence electrons. The Morgan fingerprint density at radius 1 is 1.62 bits per heavy atom. The van der Waals surface area contributed by atoms with Gasteiger partial charge in [0.05, 0.1) is 0 Å². The third kappa shape index (κ3) is 1.91. The number of alkyl halides is 2. The van der Waals surface area contributed by atoms with Gasteiger partial charge in [-0.15, -0.1) is 0 Å². The summed E-state index contributed by atoms with van der Waals surface area (Å²) >= 11 is 2.97. The van der Waals surface area contributed by atoms with E-state index in [9.17, 15) is 13.6 Å². The summed E-state index contributed by atoms with van der Waals surface area (Å²) in [5.74, 6) is 0. The van der Waals surface area contributed by atoms with Crippen LogP contribution in [0.3, 0.4) is 0 Å². The van der Waals surface area contributed by atoms with Crippen LogP contribution in [0.15, 0.2) is 10.7 Å². The molecule has 5 heteroatoms. The maximum atomic E-state index is 12.3. The van der Waals surface area contributed by atoms with Crippen LogP contribution in [0.1, 0.15) is 28.0 Å². The molecule has 1 aromatic heterocycles. The van der Waals surface area contributed by atoms with E-state index < -0.39 is 6.43 Å². The number of carbonyl (C=O) groups is 1. The highest BCUT2D eigenvalue weighted by Gasteiger charge is 2.16. The zero-order valence-corrected chi connectivity index (χ0v) is 8.31. The molecule has 0 fully saturated rings. The molecular formula is C8H6BrF2NO. The molecule has 1 rings (SSSR count). The fourth-order valence-corrected chi connectivity index (χ4v) is 1.39. The van der Waals surface area contributed by atoms with Gasteiger partial charge in [-0.2, -0.15) is 0 Å². The highest BCUT2D eigenvalue weighted by atomic mass is 79.9. The maximum absolute atomic E-state index is 12.3.